The predicted molar refractivity (Wildman–Crippen MR) is 111 cm³/mol. The normalized spacial score (nSPS) is 26.2. The fraction of sp³-hybridized carbons (Fsp3) is 0.529. The van der Waals surface area contributed by atoms with E-state index in [1.807, 2.05) is 6.92 Å². The van der Waals surface area contributed by atoms with Crippen LogP contribution in [0.3, 0.4) is 0 Å². The number of hydrogen-bond acceptors (Lipinski definition) is 2. The summed E-state index contributed by atoms with van der Waals surface area (Å²) in [5.41, 5.74) is 1.37. The van der Waals surface area contributed by atoms with Gasteiger partial charge >= 0.3 is 0 Å². The van der Waals surface area contributed by atoms with Crippen LogP contribution in [0.4, 0.5) is 0 Å². The summed E-state index contributed by atoms with van der Waals surface area (Å²) in [5, 5.41) is 9.87. The van der Waals surface area contributed by atoms with E-state index >= 15 is 0 Å². The molecule has 1 heterocycles. The molecule has 1 saturated heterocycles. The SMILES string of the molecule is CCN=C(NC1CCC(=O)NC1)NC1CC1c1ccc(Br)cc1.I. The molecule has 2 fully saturated rings. The van der Waals surface area contributed by atoms with Crippen LogP contribution in [0, 0.1) is 0 Å². The Bertz CT molecular complexity index is 583. The van der Waals surface area contributed by atoms with Crippen molar-refractivity contribution >= 4 is 51.8 Å². The summed E-state index contributed by atoms with van der Waals surface area (Å²) < 4.78 is 1.11. The van der Waals surface area contributed by atoms with Crippen molar-refractivity contribution in [3.8, 4) is 0 Å². The number of piperidine rings is 1. The first kappa shape index (κ1) is 19.5. The summed E-state index contributed by atoms with van der Waals surface area (Å²) in [6, 6.07) is 9.24. The molecule has 1 aliphatic heterocycles. The van der Waals surface area contributed by atoms with Crippen molar-refractivity contribution < 1.29 is 4.79 Å². The fourth-order valence-corrected chi connectivity index (χ4v) is 3.21. The lowest BCUT2D eigenvalue weighted by Crippen LogP contribution is -2.51. The van der Waals surface area contributed by atoms with E-state index < -0.39 is 0 Å². The van der Waals surface area contributed by atoms with E-state index in [1.165, 1.54) is 5.56 Å². The first-order valence-corrected chi connectivity index (χ1v) is 9.04. The summed E-state index contributed by atoms with van der Waals surface area (Å²) in [7, 11) is 0. The maximum absolute atomic E-state index is 11.2. The van der Waals surface area contributed by atoms with Crippen LogP contribution >= 0.6 is 39.9 Å². The third-order valence-corrected chi connectivity index (χ3v) is 4.86. The Kier molecular flexibility index (Phi) is 7.34. The number of benzene rings is 1. The number of rotatable bonds is 4. The van der Waals surface area contributed by atoms with Crippen LogP contribution < -0.4 is 16.0 Å². The van der Waals surface area contributed by atoms with Crippen LogP contribution in [-0.2, 0) is 4.79 Å². The highest BCUT2D eigenvalue weighted by atomic mass is 127. The minimum atomic E-state index is 0. The van der Waals surface area contributed by atoms with Crippen molar-refractivity contribution in [2.45, 2.75) is 44.2 Å². The second-order valence-corrected chi connectivity index (χ2v) is 7.07. The van der Waals surface area contributed by atoms with Crippen LogP contribution in [0.1, 0.15) is 37.7 Å². The van der Waals surface area contributed by atoms with Crippen molar-refractivity contribution in [3.63, 3.8) is 0 Å². The first-order chi connectivity index (χ1) is 11.2. The third kappa shape index (κ3) is 5.34. The van der Waals surface area contributed by atoms with E-state index in [4.69, 9.17) is 0 Å². The smallest absolute Gasteiger partial charge is 0.220 e. The number of amides is 1. The van der Waals surface area contributed by atoms with Gasteiger partial charge in [-0.1, -0.05) is 28.1 Å². The number of nitrogens with zero attached hydrogens (tertiary/aromatic N) is 1. The van der Waals surface area contributed by atoms with Gasteiger partial charge in [-0.3, -0.25) is 9.79 Å². The number of halogens is 2. The van der Waals surface area contributed by atoms with E-state index in [0.717, 1.165) is 29.8 Å². The fourth-order valence-electron chi connectivity index (χ4n) is 2.95. The standard InChI is InChI=1S/C17H23BrN4O.HI/c1-2-19-17(21-13-7-8-16(23)20-10-13)22-15-9-14(15)11-3-5-12(18)6-4-11;/h3-6,13-15H,2,7-10H2,1H3,(H,20,23)(H2,19,21,22);1H. The third-order valence-electron chi connectivity index (χ3n) is 4.33. The molecule has 1 aromatic carbocycles. The van der Waals surface area contributed by atoms with Crippen molar-refractivity contribution in [2.75, 3.05) is 13.1 Å². The van der Waals surface area contributed by atoms with Gasteiger partial charge in [0.1, 0.15) is 0 Å². The Balaban J connectivity index is 0.00000208. The second kappa shape index (κ2) is 9.03. The molecule has 2 aliphatic rings. The zero-order valence-corrected chi connectivity index (χ0v) is 17.6. The van der Waals surface area contributed by atoms with Crippen LogP contribution in [0.2, 0.25) is 0 Å². The topological polar surface area (TPSA) is 65.5 Å². The van der Waals surface area contributed by atoms with Crippen LogP contribution in [0.5, 0.6) is 0 Å². The Hall–Kier alpha value is -0.830. The molecule has 7 heteroatoms. The largest absolute Gasteiger partial charge is 0.354 e. The maximum atomic E-state index is 11.2. The van der Waals surface area contributed by atoms with E-state index in [0.29, 0.717) is 24.9 Å². The molecule has 132 valence electrons. The average molecular weight is 507 g/mol. The lowest BCUT2D eigenvalue weighted by molar-refractivity contribution is -0.122. The minimum absolute atomic E-state index is 0. The maximum Gasteiger partial charge on any atom is 0.220 e. The molecule has 3 unspecified atom stereocenters. The lowest BCUT2D eigenvalue weighted by atomic mass is 10.1. The quantitative estimate of drug-likeness (QED) is 0.334. The Morgan fingerprint density at radius 1 is 1.33 bits per heavy atom. The van der Waals surface area contributed by atoms with Crippen molar-refractivity contribution in [1.82, 2.24) is 16.0 Å². The Morgan fingerprint density at radius 2 is 2.08 bits per heavy atom. The number of nitrogens with one attached hydrogen (secondary N) is 3. The van der Waals surface area contributed by atoms with Crippen LogP contribution in [0.15, 0.2) is 33.7 Å². The predicted octanol–water partition coefficient (Wildman–Crippen LogP) is 2.76. The molecular formula is C17H24BrIN4O. The van der Waals surface area contributed by atoms with Gasteiger partial charge in [0.2, 0.25) is 5.91 Å². The second-order valence-electron chi connectivity index (χ2n) is 6.15. The number of aliphatic imine (C=N–C) groups is 1. The molecule has 1 saturated carbocycles. The highest BCUT2D eigenvalue weighted by molar-refractivity contribution is 14.0. The first-order valence-electron chi connectivity index (χ1n) is 8.25. The van der Waals surface area contributed by atoms with Gasteiger partial charge in [0.05, 0.1) is 0 Å². The molecule has 0 spiro atoms. The van der Waals surface area contributed by atoms with Gasteiger partial charge in [-0.25, -0.2) is 0 Å². The summed E-state index contributed by atoms with van der Waals surface area (Å²) >= 11 is 3.48. The molecule has 0 aromatic heterocycles. The van der Waals surface area contributed by atoms with Gasteiger partial charge in [0.25, 0.3) is 0 Å². The van der Waals surface area contributed by atoms with E-state index in [1.54, 1.807) is 0 Å². The highest BCUT2D eigenvalue weighted by Gasteiger charge is 2.39. The average Bonchev–Trinajstić information content (AvgIpc) is 3.30. The Morgan fingerprint density at radius 3 is 2.71 bits per heavy atom. The molecule has 24 heavy (non-hydrogen) atoms. The van der Waals surface area contributed by atoms with Gasteiger partial charge in [-0.05, 0) is 37.5 Å². The molecule has 3 rings (SSSR count). The lowest BCUT2D eigenvalue weighted by Gasteiger charge is -2.25. The van der Waals surface area contributed by atoms with Crippen molar-refractivity contribution in [1.29, 1.82) is 0 Å². The highest BCUT2D eigenvalue weighted by Crippen LogP contribution is 2.41. The minimum Gasteiger partial charge on any atom is -0.354 e. The molecule has 0 radical (unpaired) electrons. The summed E-state index contributed by atoms with van der Waals surface area (Å²) in [6.07, 6.45) is 2.58. The van der Waals surface area contributed by atoms with E-state index in [-0.39, 0.29) is 35.9 Å². The van der Waals surface area contributed by atoms with Gasteiger partial charge < -0.3 is 16.0 Å². The molecule has 0 bridgehead atoms. The molecule has 5 nitrogen and oxygen atoms in total. The zero-order chi connectivity index (χ0) is 16.2. The van der Waals surface area contributed by atoms with Gasteiger partial charge in [-0.2, -0.15) is 0 Å². The molecule has 1 aliphatic carbocycles. The van der Waals surface area contributed by atoms with Gasteiger partial charge in [0.15, 0.2) is 5.96 Å². The van der Waals surface area contributed by atoms with E-state index in [9.17, 15) is 4.79 Å². The van der Waals surface area contributed by atoms with Crippen LogP contribution in [-0.4, -0.2) is 37.0 Å². The van der Waals surface area contributed by atoms with E-state index in [2.05, 4.69) is 61.1 Å². The number of carbonyl (C=O) groups is 1. The molecule has 1 amide bonds. The summed E-state index contributed by atoms with van der Waals surface area (Å²) in [5.74, 6) is 1.55. The number of carbonyl (C=O) groups excluding carboxylic acids is 1. The van der Waals surface area contributed by atoms with Gasteiger partial charge in [-0.15, -0.1) is 24.0 Å². The summed E-state index contributed by atoms with van der Waals surface area (Å²) in [6.45, 7) is 3.44. The van der Waals surface area contributed by atoms with Crippen molar-refractivity contribution in [2.24, 2.45) is 4.99 Å². The number of hydrogen-bond donors (Lipinski definition) is 3. The molecule has 3 atom stereocenters. The van der Waals surface area contributed by atoms with Crippen molar-refractivity contribution in [3.05, 3.63) is 34.3 Å². The molecular weight excluding hydrogens is 483 g/mol. The monoisotopic (exact) mass is 506 g/mol. The van der Waals surface area contributed by atoms with Gasteiger partial charge in [0, 0.05) is 42.0 Å². The zero-order valence-electron chi connectivity index (χ0n) is 13.7. The molecule has 3 N–H and O–H groups in total. The molecule has 1 aromatic rings. The van der Waals surface area contributed by atoms with Crippen LogP contribution in [0.25, 0.3) is 0 Å². The number of guanidine groups is 1. The summed E-state index contributed by atoms with van der Waals surface area (Å²) in [4.78, 5) is 15.8. The Labute approximate surface area is 168 Å².